The van der Waals surface area contributed by atoms with Gasteiger partial charge in [0.25, 0.3) is 0 Å². The Morgan fingerprint density at radius 2 is 1.75 bits per heavy atom. The van der Waals surface area contributed by atoms with Crippen LogP contribution in [0.2, 0.25) is 0 Å². The quantitative estimate of drug-likeness (QED) is 0.722. The van der Waals surface area contributed by atoms with Gasteiger partial charge in [-0.25, -0.2) is 4.98 Å². The molecule has 2 rings (SSSR count). The average Bonchev–Trinajstić information content (AvgIpc) is 2.58. The second kappa shape index (κ2) is 4.17. The molecule has 1 aromatic heterocycles. The molecule has 0 aliphatic carbocycles. The molecular weight excluding hydrogens is 214 g/mol. The van der Waals surface area contributed by atoms with E-state index in [4.69, 9.17) is 4.98 Å². The predicted molar refractivity (Wildman–Crippen MR) is 72.5 cm³/mol. The van der Waals surface area contributed by atoms with E-state index in [1.165, 1.54) is 26.4 Å². The van der Waals surface area contributed by atoms with E-state index < -0.39 is 0 Å². The van der Waals surface area contributed by atoms with Crippen molar-refractivity contribution in [3.63, 3.8) is 0 Å². The lowest BCUT2D eigenvalue weighted by atomic mass is 9.98. The Labute approximate surface area is 102 Å². The number of hydrogen-bond acceptors (Lipinski definition) is 2. The highest BCUT2D eigenvalue weighted by molar-refractivity contribution is 7.18. The predicted octanol–water partition coefficient (Wildman–Crippen LogP) is 4.85. The van der Waals surface area contributed by atoms with Gasteiger partial charge in [-0.3, -0.25) is 0 Å². The molecule has 0 N–H and O–H groups in total. The smallest absolute Gasteiger partial charge is 0.0963 e. The standard InChI is InChI=1S/C14H19NS/c1-8(2)11-7-12-13(6-10(11)5)16-14(15-12)9(3)4/h6-9H,1-5H3. The molecule has 1 aromatic carbocycles. The van der Waals surface area contributed by atoms with E-state index in [0.717, 1.165) is 0 Å². The Hall–Kier alpha value is -0.890. The molecule has 0 spiro atoms. The van der Waals surface area contributed by atoms with Crippen molar-refractivity contribution in [2.45, 2.75) is 46.5 Å². The van der Waals surface area contributed by atoms with E-state index in [9.17, 15) is 0 Å². The number of fused-ring (bicyclic) bond motifs is 1. The summed E-state index contributed by atoms with van der Waals surface area (Å²) in [5, 5.41) is 1.25. The van der Waals surface area contributed by atoms with Crippen molar-refractivity contribution in [2.24, 2.45) is 0 Å². The van der Waals surface area contributed by atoms with Crippen LogP contribution in [0.4, 0.5) is 0 Å². The summed E-state index contributed by atoms with van der Waals surface area (Å²) < 4.78 is 1.32. The maximum Gasteiger partial charge on any atom is 0.0963 e. The molecule has 2 aromatic rings. The second-order valence-corrected chi connectivity index (χ2v) is 6.10. The van der Waals surface area contributed by atoms with Crippen LogP contribution < -0.4 is 0 Å². The third-order valence-corrected chi connectivity index (χ3v) is 4.23. The minimum absolute atomic E-state index is 0.528. The van der Waals surface area contributed by atoms with Crippen molar-refractivity contribution >= 4 is 21.6 Å². The van der Waals surface area contributed by atoms with Gasteiger partial charge in [-0.2, -0.15) is 0 Å². The van der Waals surface area contributed by atoms with Crippen LogP contribution in [0.15, 0.2) is 12.1 Å². The van der Waals surface area contributed by atoms with Gasteiger partial charge >= 0.3 is 0 Å². The van der Waals surface area contributed by atoms with Gasteiger partial charge in [-0.05, 0) is 36.1 Å². The maximum absolute atomic E-state index is 4.71. The van der Waals surface area contributed by atoms with E-state index in [1.54, 1.807) is 0 Å². The van der Waals surface area contributed by atoms with Crippen molar-refractivity contribution in [1.82, 2.24) is 4.98 Å². The Balaban J connectivity index is 2.61. The van der Waals surface area contributed by atoms with Gasteiger partial charge in [0.2, 0.25) is 0 Å². The van der Waals surface area contributed by atoms with Crippen LogP contribution >= 0.6 is 11.3 Å². The van der Waals surface area contributed by atoms with Crippen LogP contribution in [-0.2, 0) is 0 Å². The Bertz CT molecular complexity index is 509. The van der Waals surface area contributed by atoms with Gasteiger partial charge in [0.05, 0.1) is 15.2 Å². The molecule has 16 heavy (non-hydrogen) atoms. The Morgan fingerprint density at radius 1 is 1.06 bits per heavy atom. The molecule has 0 atom stereocenters. The molecule has 0 aliphatic rings. The molecule has 2 heteroatoms. The Morgan fingerprint density at radius 3 is 2.31 bits per heavy atom. The number of rotatable bonds is 2. The third kappa shape index (κ3) is 1.99. The van der Waals surface area contributed by atoms with Gasteiger partial charge in [0, 0.05) is 5.92 Å². The largest absolute Gasteiger partial charge is 0.241 e. The molecule has 0 fully saturated rings. The zero-order chi connectivity index (χ0) is 11.9. The van der Waals surface area contributed by atoms with Gasteiger partial charge in [-0.15, -0.1) is 11.3 Å². The molecule has 0 aliphatic heterocycles. The molecule has 0 saturated heterocycles. The molecule has 1 nitrogen and oxygen atoms in total. The topological polar surface area (TPSA) is 12.9 Å². The fraction of sp³-hybridized carbons (Fsp3) is 0.500. The van der Waals surface area contributed by atoms with Crippen LogP contribution in [0.5, 0.6) is 0 Å². The maximum atomic E-state index is 4.71. The highest BCUT2D eigenvalue weighted by atomic mass is 32.1. The van der Waals surface area contributed by atoms with Gasteiger partial charge < -0.3 is 0 Å². The summed E-state index contributed by atoms with van der Waals surface area (Å²) in [6.07, 6.45) is 0. The lowest BCUT2D eigenvalue weighted by Crippen LogP contribution is -1.91. The second-order valence-electron chi connectivity index (χ2n) is 5.04. The lowest BCUT2D eigenvalue weighted by Gasteiger charge is -2.08. The van der Waals surface area contributed by atoms with Crippen molar-refractivity contribution in [2.75, 3.05) is 0 Å². The summed E-state index contributed by atoms with van der Waals surface area (Å²) >= 11 is 1.83. The average molecular weight is 233 g/mol. The molecule has 0 saturated carbocycles. The first kappa shape index (κ1) is 11.6. The first-order valence-electron chi connectivity index (χ1n) is 5.90. The number of nitrogens with zero attached hydrogens (tertiary/aromatic N) is 1. The molecule has 86 valence electrons. The first-order valence-corrected chi connectivity index (χ1v) is 6.71. The first-order chi connectivity index (χ1) is 7.49. The van der Waals surface area contributed by atoms with Gasteiger partial charge in [0.1, 0.15) is 0 Å². The molecule has 0 bridgehead atoms. The summed E-state index contributed by atoms with van der Waals surface area (Å²) in [5.41, 5.74) is 3.98. The van der Waals surface area contributed by atoms with Crippen LogP contribution in [0.1, 0.15) is 55.7 Å². The number of thiazole rings is 1. The van der Waals surface area contributed by atoms with Crippen LogP contribution in [0, 0.1) is 6.92 Å². The monoisotopic (exact) mass is 233 g/mol. The minimum atomic E-state index is 0.528. The number of benzene rings is 1. The number of aromatic nitrogens is 1. The third-order valence-electron chi connectivity index (χ3n) is 2.91. The van der Waals surface area contributed by atoms with Crippen molar-refractivity contribution < 1.29 is 0 Å². The van der Waals surface area contributed by atoms with Gasteiger partial charge in [0.15, 0.2) is 0 Å². The summed E-state index contributed by atoms with van der Waals surface area (Å²) in [4.78, 5) is 4.71. The van der Waals surface area contributed by atoms with Crippen LogP contribution in [0.3, 0.4) is 0 Å². The van der Waals surface area contributed by atoms with E-state index in [-0.39, 0.29) is 0 Å². The summed E-state index contributed by atoms with van der Waals surface area (Å²) in [6, 6.07) is 4.55. The summed E-state index contributed by atoms with van der Waals surface area (Å²) in [6.45, 7) is 11.1. The van der Waals surface area contributed by atoms with Crippen LogP contribution in [0.25, 0.3) is 10.2 Å². The van der Waals surface area contributed by atoms with Crippen LogP contribution in [-0.4, -0.2) is 4.98 Å². The zero-order valence-corrected chi connectivity index (χ0v) is 11.5. The fourth-order valence-electron chi connectivity index (χ4n) is 1.98. The van der Waals surface area contributed by atoms with Crippen molar-refractivity contribution in [1.29, 1.82) is 0 Å². The SMILES string of the molecule is Cc1cc2sc(C(C)C)nc2cc1C(C)C. The molecule has 0 amide bonds. The van der Waals surface area contributed by atoms with E-state index in [0.29, 0.717) is 11.8 Å². The van der Waals surface area contributed by atoms with E-state index in [2.05, 4.69) is 46.8 Å². The molecular formula is C14H19NS. The highest BCUT2D eigenvalue weighted by Crippen LogP contribution is 2.31. The zero-order valence-electron chi connectivity index (χ0n) is 10.7. The molecule has 0 unspecified atom stereocenters. The summed E-state index contributed by atoms with van der Waals surface area (Å²) in [5.74, 6) is 1.11. The highest BCUT2D eigenvalue weighted by Gasteiger charge is 2.11. The van der Waals surface area contributed by atoms with Crippen molar-refractivity contribution in [3.05, 3.63) is 28.3 Å². The number of aryl methyl sites for hydroxylation is 1. The molecule has 1 heterocycles. The fourth-order valence-corrected chi connectivity index (χ4v) is 3.03. The van der Waals surface area contributed by atoms with E-state index in [1.807, 2.05) is 11.3 Å². The number of hydrogen-bond donors (Lipinski definition) is 0. The molecule has 0 radical (unpaired) electrons. The van der Waals surface area contributed by atoms with Gasteiger partial charge in [-0.1, -0.05) is 27.7 Å². The lowest BCUT2D eigenvalue weighted by molar-refractivity contribution is 0.851. The normalized spacial score (nSPS) is 11.9. The summed E-state index contributed by atoms with van der Waals surface area (Å²) in [7, 11) is 0. The van der Waals surface area contributed by atoms with Crippen molar-refractivity contribution in [3.8, 4) is 0 Å². The Kier molecular flexibility index (Phi) is 3.02. The van der Waals surface area contributed by atoms with E-state index >= 15 is 0 Å². The minimum Gasteiger partial charge on any atom is -0.241 e.